The molecule has 1 aliphatic carbocycles. The number of likely N-dealkylation sites (N-methyl/N-ethyl adjacent to an activating group) is 1. The van der Waals surface area contributed by atoms with Gasteiger partial charge in [-0.3, -0.25) is 9.59 Å². The van der Waals surface area contributed by atoms with Crippen molar-refractivity contribution in [1.82, 2.24) is 0 Å². The first-order valence-corrected chi connectivity index (χ1v) is 6.00. The Balaban J connectivity index is 2.49. The zero-order valence-electron chi connectivity index (χ0n) is 10.8. The minimum Gasteiger partial charge on any atom is -0.481 e. The molecule has 1 atom stereocenters. The zero-order chi connectivity index (χ0) is 13.1. The molecular weight excluding hydrogens is 222 g/mol. The summed E-state index contributed by atoms with van der Waals surface area (Å²) in [7, 11) is 5.85. The SMILES string of the molecule is C[N+](C)(C)CC(CC(=O)O)OC(=O)C1CCC1. The molecule has 0 heterocycles. The lowest BCUT2D eigenvalue weighted by molar-refractivity contribution is -0.873. The Bertz CT molecular complexity index is 291. The molecule has 1 saturated carbocycles. The number of esters is 1. The van der Waals surface area contributed by atoms with Crippen LogP contribution < -0.4 is 0 Å². The summed E-state index contributed by atoms with van der Waals surface area (Å²) < 4.78 is 5.89. The van der Waals surface area contributed by atoms with E-state index in [4.69, 9.17) is 9.84 Å². The number of aliphatic carboxylic acids is 1. The molecule has 0 aromatic heterocycles. The highest BCUT2D eigenvalue weighted by molar-refractivity contribution is 5.74. The van der Waals surface area contributed by atoms with Gasteiger partial charge in [-0.05, 0) is 12.8 Å². The Morgan fingerprint density at radius 3 is 2.29 bits per heavy atom. The van der Waals surface area contributed by atoms with Crippen molar-refractivity contribution in [3.05, 3.63) is 0 Å². The van der Waals surface area contributed by atoms with Gasteiger partial charge in [-0.2, -0.15) is 0 Å². The van der Waals surface area contributed by atoms with Gasteiger partial charge < -0.3 is 14.3 Å². The number of nitrogens with zero attached hydrogens (tertiary/aromatic N) is 1. The number of carbonyl (C=O) groups excluding carboxylic acids is 1. The summed E-state index contributed by atoms with van der Waals surface area (Å²) in [6, 6.07) is 0. The van der Waals surface area contributed by atoms with Gasteiger partial charge in [0.15, 0.2) is 6.10 Å². The molecule has 1 fully saturated rings. The van der Waals surface area contributed by atoms with Crippen LogP contribution in [0.3, 0.4) is 0 Å². The molecule has 0 aliphatic heterocycles. The van der Waals surface area contributed by atoms with Gasteiger partial charge in [0.25, 0.3) is 0 Å². The van der Waals surface area contributed by atoms with Gasteiger partial charge in [0.2, 0.25) is 0 Å². The van der Waals surface area contributed by atoms with Gasteiger partial charge in [-0.15, -0.1) is 0 Å². The number of hydrogen-bond acceptors (Lipinski definition) is 3. The largest absolute Gasteiger partial charge is 0.481 e. The first kappa shape index (κ1) is 14.0. The number of carboxylic acids is 1. The summed E-state index contributed by atoms with van der Waals surface area (Å²) in [4.78, 5) is 22.4. The third kappa shape index (κ3) is 5.17. The minimum atomic E-state index is -0.926. The Hall–Kier alpha value is -1.10. The van der Waals surface area contributed by atoms with E-state index < -0.39 is 12.1 Å². The molecule has 0 spiro atoms. The Labute approximate surface area is 102 Å². The van der Waals surface area contributed by atoms with Crippen molar-refractivity contribution in [3.63, 3.8) is 0 Å². The number of hydrogen-bond donors (Lipinski definition) is 1. The maximum absolute atomic E-state index is 11.7. The van der Waals surface area contributed by atoms with E-state index >= 15 is 0 Å². The molecule has 0 saturated heterocycles. The highest BCUT2D eigenvalue weighted by atomic mass is 16.5. The van der Waals surface area contributed by atoms with Crippen molar-refractivity contribution >= 4 is 11.9 Å². The monoisotopic (exact) mass is 244 g/mol. The second kappa shape index (κ2) is 5.49. The smallest absolute Gasteiger partial charge is 0.309 e. The molecule has 0 bridgehead atoms. The van der Waals surface area contributed by atoms with Gasteiger partial charge in [0.1, 0.15) is 6.54 Å². The standard InChI is InChI=1S/C12H21NO4/c1-13(2,3)8-10(7-11(14)15)17-12(16)9-5-4-6-9/h9-10H,4-8H2,1-3H3/p+1. The van der Waals surface area contributed by atoms with Crippen molar-refractivity contribution in [2.45, 2.75) is 31.8 Å². The fraction of sp³-hybridized carbons (Fsp3) is 0.833. The fourth-order valence-corrected chi connectivity index (χ4v) is 1.85. The third-order valence-corrected chi connectivity index (χ3v) is 2.87. The quantitative estimate of drug-likeness (QED) is 0.556. The third-order valence-electron chi connectivity index (χ3n) is 2.87. The molecule has 5 heteroatoms. The van der Waals surface area contributed by atoms with Crippen LogP contribution in [0.2, 0.25) is 0 Å². The van der Waals surface area contributed by atoms with Crippen molar-refractivity contribution < 1.29 is 23.9 Å². The normalized spacial score (nSPS) is 18.3. The first-order valence-electron chi connectivity index (χ1n) is 6.00. The van der Waals surface area contributed by atoms with E-state index in [1.807, 2.05) is 21.1 Å². The van der Waals surface area contributed by atoms with Crippen LogP contribution >= 0.6 is 0 Å². The van der Waals surface area contributed by atoms with Crippen LogP contribution in [0.4, 0.5) is 0 Å². The second-order valence-corrected chi connectivity index (χ2v) is 5.76. The number of quaternary nitrogens is 1. The molecule has 1 unspecified atom stereocenters. The minimum absolute atomic E-state index is 0.00115. The first-order chi connectivity index (χ1) is 7.78. The number of rotatable bonds is 6. The second-order valence-electron chi connectivity index (χ2n) is 5.76. The van der Waals surface area contributed by atoms with Gasteiger partial charge in [0, 0.05) is 0 Å². The van der Waals surface area contributed by atoms with Crippen molar-refractivity contribution in [3.8, 4) is 0 Å². The predicted molar refractivity (Wildman–Crippen MR) is 62.4 cm³/mol. The van der Waals surface area contributed by atoms with E-state index in [2.05, 4.69) is 0 Å². The van der Waals surface area contributed by atoms with E-state index in [0.717, 1.165) is 19.3 Å². The summed E-state index contributed by atoms with van der Waals surface area (Å²) in [5.74, 6) is -1.15. The molecule has 0 radical (unpaired) electrons. The van der Waals surface area contributed by atoms with E-state index in [9.17, 15) is 9.59 Å². The van der Waals surface area contributed by atoms with Crippen LogP contribution in [-0.4, -0.2) is 55.3 Å². The summed E-state index contributed by atoms with van der Waals surface area (Å²) in [6.07, 6.45) is 2.18. The molecule has 1 N–H and O–H groups in total. The summed E-state index contributed by atoms with van der Waals surface area (Å²) in [6.45, 7) is 0.519. The molecule has 0 aromatic carbocycles. The van der Waals surface area contributed by atoms with Gasteiger partial charge >= 0.3 is 11.9 Å². The van der Waals surface area contributed by atoms with Crippen LogP contribution in [0, 0.1) is 5.92 Å². The summed E-state index contributed by atoms with van der Waals surface area (Å²) in [5.41, 5.74) is 0. The van der Waals surface area contributed by atoms with Crippen molar-refractivity contribution in [2.24, 2.45) is 5.92 Å². The topological polar surface area (TPSA) is 63.6 Å². The van der Waals surface area contributed by atoms with Crippen LogP contribution in [0.25, 0.3) is 0 Å². The molecule has 17 heavy (non-hydrogen) atoms. The lowest BCUT2D eigenvalue weighted by atomic mass is 9.85. The van der Waals surface area contributed by atoms with Crippen LogP contribution in [-0.2, 0) is 14.3 Å². The zero-order valence-corrected chi connectivity index (χ0v) is 10.8. The predicted octanol–water partition coefficient (Wildman–Crippen LogP) is 0.879. The molecule has 0 aromatic rings. The van der Waals surface area contributed by atoms with Gasteiger partial charge in [0.05, 0.1) is 33.5 Å². The number of carbonyl (C=O) groups is 2. The maximum atomic E-state index is 11.7. The Morgan fingerprint density at radius 1 is 1.35 bits per heavy atom. The highest BCUT2D eigenvalue weighted by Crippen LogP contribution is 2.28. The molecule has 98 valence electrons. The number of carboxylic acid groups (broad SMARTS) is 1. The molecule has 1 rings (SSSR count). The average Bonchev–Trinajstić information content (AvgIpc) is 1.93. The fourth-order valence-electron chi connectivity index (χ4n) is 1.85. The van der Waals surface area contributed by atoms with Crippen LogP contribution in [0.5, 0.6) is 0 Å². The van der Waals surface area contributed by atoms with Crippen molar-refractivity contribution in [2.75, 3.05) is 27.7 Å². The summed E-state index contributed by atoms with van der Waals surface area (Å²) in [5, 5.41) is 8.81. The molecule has 0 amide bonds. The lowest BCUT2D eigenvalue weighted by Crippen LogP contribution is -2.44. The van der Waals surface area contributed by atoms with E-state index in [1.165, 1.54) is 0 Å². The Kier molecular flexibility index (Phi) is 4.51. The van der Waals surface area contributed by atoms with E-state index in [-0.39, 0.29) is 18.3 Å². The highest BCUT2D eigenvalue weighted by Gasteiger charge is 2.31. The van der Waals surface area contributed by atoms with Crippen LogP contribution in [0.15, 0.2) is 0 Å². The van der Waals surface area contributed by atoms with E-state index in [0.29, 0.717) is 11.0 Å². The van der Waals surface area contributed by atoms with Gasteiger partial charge in [-0.1, -0.05) is 6.42 Å². The number of ether oxygens (including phenoxy) is 1. The Morgan fingerprint density at radius 2 is 1.94 bits per heavy atom. The van der Waals surface area contributed by atoms with Crippen LogP contribution in [0.1, 0.15) is 25.7 Å². The molecular formula is C12H22NO4+. The van der Waals surface area contributed by atoms with Crippen molar-refractivity contribution in [1.29, 1.82) is 0 Å². The van der Waals surface area contributed by atoms with Gasteiger partial charge in [-0.25, -0.2) is 0 Å². The van der Waals surface area contributed by atoms with E-state index in [1.54, 1.807) is 0 Å². The maximum Gasteiger partial charge on any atom is 0.309 e. The summed E-state index contributed by atoms with van der Waals surface area (Å²) >= 11 is 0. The molecule has 5 nitrogen and oxygen atoms in total. The molecule has 1 aliphatic rings. The lowest BCUT2D eigenvalue weighted by Gasteiger charge is -2.30. The average molecular weight is 244 g/mol.